The van der Waals surface area contributed by atoms with E-state index in [1.54, 1.807) is 24.3 Å². The van der Waals surface area contributed by atoms with Crippen LogP contribution in [0, 0.1) is 5.82 Å². The van der Waals surface area contributed by atoms with Crippen LogP contribution in [0.3, 0.4) is 0 Å². The Morgan fingerprint density at radius 1 is 1.05 bits per heavy atom. The quantitative estimate of drug-likeness (QED) is 0.327. The summed E-state index contributed by atoms with van der Waals surface area (Å²) < 4.78 is 65.5. The topological polar surface area (TPSA) is 143 Å². The molecule has 2 aliphatic rings. The Labute approximate surface area is 233 Å². The van der Waals surface area contributed by atoms with Gasteiger partial charge in [-0.15, -0.1) is 8.78 Å². The number of fused-ring (bicyclic) bond motifs is 2. The second kappa shape index (κ2) is 10.1. The number of carbonyl (C=O) groups is 3. The minimum Gasteiger partial charge on any atom is -0.395 e. The van der Waals surface area contributed by atoms with Crippen LogP contribution >= 0.6 is 0 Å². The number of aromatic nitrogens is 4. The number of likely N-dealkylation sites (tertiary alicyclic amines) is 1. The lowest BCUT2D eigenvalue weighted by molar-refractivity contribution is -0.286. The monoisotopic (exact) mass is 584 g/mol. The molecule has 0 aliphatic carbocycles. The molecule has 6 rings (SSSR count). The molecule has 0 bridgehead atoms. The SMILES string of the molecule is NC(=O)c1nn(CC(=O)N2C[C@H](F)C[C@H]2C(=O)Cc2cc3c(cc2F)OC(F)(F)O3)c2ccc(-c3ccnnc3)cc12. The van der Waals surface area contributed by atoms with Gasteiger partial charge in [0.1, 0.15) is 18.5 Å². The molecule has 15 heteroatoms. The molecule has 0 radical (unpaired) electrons. The van der Waals surface area contributed by atoms with Crippen LogP contribution in [-0.2, 0) is 22.6 Å². The molecule has 11 nitrogen and oxygen atoms in total. The first kappa shape index (κ1) is 27.1. The van der Waals surface area contributed by atoms with E-state index >= 15 is 0 Å². The summed E-state index contributed by atoms with van der Waals surface area (Å²) in [6, 6.07) is 7.07. The molecular weight excluding hydrogens is 564 g/mol. The van der Waals surface area contributed by atoms with Crippen molar-refractivity contribution in [1.82, 2.24) is 24.9 Å². The molecule has 2 amide bonds. The van der Waals surface area contributed by atoms with Crippen molar-refractivity contribution in [3.05, 3.63) is 65.9 Å². The molecule has 42 heavy (non-hydrogen) atoms. The fourth-order valence-corrected chi connectivity index (χ4v) is 5.16. The van der Waals surface area contributed by atoms with Crippen LogP contribution in [0.4, 0.5) is 17.6 Å². The second-order valence-corrected chi connectivity index (χ2v) is 9.83. The number of rotatable bonds is 7. The van der Waals surface area contributed by atoms with E-state index in [-0.39, 0.29) is 17.7 Å². The number of ketones is 1. The van der Waals surface area contributed by atoms with Gasteiger partial charge in [-0.1, -0.05) is 6.07 Å². The predicted molar refractivity (Wildman–Crippen MR) is 136 cm³/mol. The average molecular weight is 584 g/mol. The highest BCUT2D eigenvalue weighted by Crippen LogP contribution is 2.42. The highest BCUT2D eigenvalue weighted by molar-refractivity contribution is 6.05. The number of carbonyl (C=O) groups excluding carboxylic acids is 3. The van der Waals surface area contributed by atoms with Gasteiger partial charge < -0.3 is 20.1 Å². The molecule has 1 saturated heterocycles. The zero-order chi connectivity index (χ0) is 29.8. The predicted octanol–water partition coefficient (Wildman–Crippen LogP) is 2.80. The van der Waals surface area contributed by atoms with Crippen molar-refractivity contribution in [3.63, 3.8) is 0 Å². The highest BCUT2D eigenvalue weighted by Gasteiger charge is 2.44. The summed E-state index contributed by atoms with van der Waals surface area (Å²) in [6.45, 7) is -0.851. The summed E-state index contributed by atoms with van der Waals surface area (Å²) in [5, 5.41) is 12.1. The maximum Gasteiger partial charge on any atom is 0.586 e. The number of Topliss-reactive ketones (excluding diaryl/α,β-unsaturated/α-hetero) is 1. The fourth-order valence-electron chi connectivity index (χ4n) is 5.16. The average Bonchev–Trinajstić information content (AvgIpc) is 3.60. The second-order valence-electron chi connectivity index (χ2n) is 9.83. The Hall–Kier alpha value is -5.08. The number of amides is 2. The van der Waals surface area contributed by atoms with E-state index < -0.39 is 72.9 Å². The first-order valence-corrected chi connectivity index (χ1v) is 12.6. The molecule has 2 aromatic heterocycles. The number of benzene rings is 2. The Bertz CT molecular complexity index is 1750. The summed E-state index contributed by atoms with van der Waals surface area (Å²) in [4.78, 5) is 39.7. The lowest BCUT2D eigenvalue weighted by atomic mass is 10.0. The molecule has 1 fully saturated rings. The van der Waals surface area contributed by atoms with Crippen LogP contribution in [0.5, 0.6) is 11.5 Å². The molecule has 216 valence electrons. The van der Waals surface area contributed by atoms with Gasteiger partial charge in [-0.2, -0.15) is 15.3 Å². The van der Waals surface area contributed by atoms with Gasteiger partial charge in [0.2, 0.25) is 5.91 Å². The van der Waals surface area contributed by atoms with E-state index in [2.05, 4.69) is 24.8 Å². The smallest absolute Gasteiger partial charge is 0.395 e. The van der Waals surface area contributed by atoms with Crippen molar-refractivity contribution in [2.45, 2.75) is 37.9 Å². The molecule has 4 heterocycles. The first-order valence-electron chi connectivity index (χ1n) is 12.6. The molecule has 0 spiro atoms. The summed E-state index contributed by atoms with van der Waals surface area (Å²) >= 11 is 0. The van der Waals surface area contributed by atoms with Gasteiger partial charge in [0.15, 0.2) is 23.0 Å². The van der Waals surface area contributed by atoms with Gasteiger partial charge in [-0.25, -0.2) is 8.78 Å². The van der Waals surface area contributed by atoms with Crippen LogP contribution in [0.1, 0.15) is 22.5 Å². The molecular formula is C27H20F4N6O5. The largest absolute Gasteiger partial charge is 0.586 e. The summed E-state index contributed by atoms with van der Waals surface area (Å²) in [5.41, 5.74) is 6.95. The maximum atomic E-state index is 14.6. The number of nitrogens with zero attached hydrogens (tertiary/aromatic N) is 5. The van der Waals surface area contributed by atoms with Crippen LogP contribution < -0.4 is 15.2 Å². The van der Waals surface area contributed by atoms with Crippen molar-refractivity contribution in [2.75, 3.05) is 6.54 Å². The summed E-state index contributed by atoms with van der Waals surface area (Å²) in [7, 11) is 0. The van der Waals surface area contributed by atoms with E-state index in [1.807, 2.05) is 0 Å². The molecule has 2 atom stereocenters. The third kappa shape index (κ3) is 4.97. The van der Waals surface area contributed by atoms with Gasteiger partial charge in [-0.05, 0) is 35.4 Å². The number of hydrogen-bond donors (Lipinski definition) is 1. The third-order valence-electron chi connectivity index (χ3n) is 7.06. The number of hydrogen-bond acceptors (Lipinski definition) is 8. The Balaban J connectivity index is 1.24. The normalized spacial score (nSPS) is 18.9. The number of halogens is 4. The first-order chi connectivity index (χ1) is 20.0. The van der Waals surface area contributed by atoms with E-state index in [0.717, 1.165) is 11.0 Å². The Morgan fingerprint density at radius 3 is 2.52 bits per heavy atom. The standard InChI is InChI=1S/C27H20F4N6O5/c28-16-8-20(21(38)6-15-7-22-23(9-18(15)29)42-27(30,31)41-22)36(11-16)24(39)12-37-19-2-1-13(14-3-4-33-34-10-14)5-17(19)25(35-37)26(32)40/h1-5,7,9-10,16,20H,6,8,11-12H2,(H2,32,40)/t16-,20+/m1/s1. The van der Waals surface area contributed by atoms with Gasteiger partial charge in [0, 0.05) is 29.9 Å². The summed E-state index contributed by atoms with van der Waals surface area (Å²) in [5.74, 6) is -4.20. The van der Waals surface area contributed by atoms with Crippen LogP contribution in [0.15, 0.2) is 48.8 Å². The van der Waals surface area contributed by atoms with Crippen LogP contribution in [-0.4, -0.2) is 67.5 Å². The Kier molecular flexibility index (Phi) is 6.51. The fraction of sp³-hybridized carbons (Fsp3) is 0.259. The van der Waals surface area contributed by atoms with Crippen molar-refractivity contribution < 1.29 is 41.4 Å². The van der Waals surface area contributed by atoms with E-state index in [1.165, 1.54) is 17.1 Å². The Morgan fingerprint density at radius 2 is 1.81 bits per heavy atom. The van der Waals surface area contributed by atoms with E-state index in [9.17, 15) is 31.9 Å². The summed E-state index contributed by atoms with van der Waals surface area (Å²) in [6.07, 6.45) is -3.42. The number of nitrogens with two attached hydrogens (primary N) is 1. The molecule has 2 aromatic carbocycles. The maximum absolute atomic E-state index is 14.6. The number of primary amides is 1. The van der Waals surface area contributed by atoms with Gasteiger partial charge in [-0.3, -0.25) is 19.1 Å². The van der Waals surface area contributed by atoms with Gasteiger partial charge in [0.25, 0.3) is 5.91 Å². The molecule has 2 aliphatic heterocycles. The molecule has 2 N–H and O–H groups in total. The number of alkyl halides is 3. The van der Waals surface area contributed by atoms with E-state index in [4.69, 9.17) is 5.73 Å². The lowest BCUT2D eigenvalue weighted by Crippen LogP contribution is -2.43. The lowest BCUT2D eigenvalue weighted by Gasteiger charge is -2.23. The zero-order valence-electron chi connectivity index (χ0n) is 21.5. The van der Waals surface area contributed by atoms with Crippen molar-refractivity contribution in [2.24, 2.45) is 5.73 Å². The van der Waals surface area contributed by atoms with Crippen molar-refractivity contribution in [1.29, 1.82) is 0 Å². The van der Waals surface area contributed by atoms with Gasteiger partial charge in [0.05, 0.1) is 30.5 Å². The van der Waals surface area contributed by atoms with E-state index in [0.29, 0.717) is 28.1 Å². The van der Waals surface area contributed by atoms with Crippen LogP contribution in [0.2, 0.25) is 0 Å². The zero-order valence-corrected chi connectivity index (χ0v) is 21.5. The van der Waals surface area contributed by atoms with Crippen LogP contribution in [0.25, 0.3) is 22.0 Å². The highest BCUT2D eigenvalue weighted by atomic mass is 19.3. The number of ether oxygens (including phenoxy) is 2. The minimum absolute atomic E-state index is 0.0945. The molecule has 0 saturated carbocycles. The molecule has 0 unspecified atom stereocenters. The van der Waals surface area contributed by atoms with Crippen molar-refractivity contribution >= 4 is 28.5 Å². The minimum atomic E-state index is -3.98. The van der Waals surface area contributed by atoms with Gasteiger partial charge >= 0.3 is 6.29 Å². The van der Waals surface area contributed by atoms with Crippen molar-refractivity contribution in [3.8, 4) is 22.6 Å². The molecule has 4 aromatic rings. The third-order valence-corrected chi connectivity index (χ3v) is 7.06.